The van der Waals surface area contributed by atoms with Crippen LogP contribution in [0.25, 0.3) is 10.9 Å². The number of benzene rings is 2. The molecule has 0 aliphatic carbocycles. The molecule has 1 heterocycles. The van der Waals surface area contributed by atoms with Crippen molar-refractivity contribution in [3.63, 3.8) is 0 Å². The van der Waals surface area contributed by atoms with Gasteiger partial charge in [-0.1, -0.05) is 6.07 Å². The first-order chi connectivity index (χ1) is 12.0. The molecular weight excluding hydrogens is 329 g/mol. The lowest BCUT2D eigenvalue weighted by atomic mass is 10.1. The van der Waals surface area contributed by atoms with Gasteiger partial charge in [-0.25, -0.2) is 9.18 Å². The van der Waals surface area contributed by atoms with E-state index in [1.165, 1.54) is 30.3 Å². The van der Waals surface area contributed by atoms with Crippen LogP contribution in [-0.2, 0) is 4.74 Å². The number of nitro groups is 1. The minimum atomic E-state index is -0.607. The zero-order valence-electron chi connectivity index (χ0n) is 13.2. The fourth-order valence-corrected chi connectivity index (χ4v) is 2.51. The van der Waals surface area contributed by atoms with Crippen LogP contribution in [0.3, 0.4) is 0 Å². The van der Waals surface area contributed by atoms with Crippen molar-refractivity contribution >= 4 is 33.9 Å². The van der Waals surface area contributed by atoms with Crippen LogP contribution >= 0.6 is 0 Å². The standard InChI is InChI=1S/C17H14FN3O4/c1-2-25-17(22)14-9-12-13(19-11-5-3-4-10(18)8-11)6-7-15(21(23)24)16(12)20-14/h3-9,19-20H,2H2,1H3. The summed E-state index contributed by atoms with van der Waals surface area (Å²) in [6.45, 7) is 1.85. The Kier molecular flexibility index (Phi) is 4.34. The molecule has 0 aliphatic heterocycles. The van der Waals surface area contributed by atoms with E-state index in [0.29, 0.717) is 16.8 Å². The van der Waals surface area contributed by atoms with Crippen LogP contribution in [0.4, 0.5) is 21.5 Å². The van der Waals surface area contributed by atoms with Crippen LogP contribution < -0.4 is 5.32 Å². The molecule has 128 valence electrons. The SMILES string of the molecule is CCOC(=O)c1cc2c(Nc3cccc(F)c3)ccc([N+](=O)[O-])c2[nH]1. The number of halogens is 1. The zero-order valence-corrected chi connectivity index (χ0v) is 13.2. The summed E-state index contributed by atoms with van der Waals surface area (Å²) in [5, 5.41) is 14.7. The van der Waals surface area contributed by atoms with E-state index in [1.807, 2.05) is 0 Å². The number of rotatable bonds is 5. The van der Waals surface area contributed by atoms with Crippen molar-refractivity contribution in [1.29, 1.82) is 0 Å². The summed E-state index contributed by atoms with van der Waals surface area (Å²) < 4.78 is 18.3. The molecule has 0 unspecified atom stereocenters. The summed E-state index contributed by atoms with van der Waals surface area (Å²) in [7, 11) is 0. The number of esters is 1. The predicted molar refractivity (Wildman–Crippen MR) is 90.6 cm³/mol. The Morgan fingerprint density at radius 3 is 2.80 bits per heavy atom. The summed E-state index contributed by atoms with van der Waals surface area (Å²) in [6, 6.07) is 10.1. The van der Waals surface area contributed by atoms with Crippen molar-refractivity contribution in [3.8, 4) is 0 Å². The lowest BCUT2D eigenvalue weighted by molar-refractivity contribution is -0.383. The fourth-order valence-electron chi connectivity index (χ4n) is 2.51. The van der Waals surface area contributed by atoms with Gasteiger partial charge in [0.05, 0.1) is 11.5 Å². The zero-order chi connectivity index (χ0) is 18.0. The number of nitrogens with one attached hydrogen (secondary N) is 2. The van der Waals surface area contributed by atoms with Gasteiger partial charge in [0.15, 0.2) is 0 Å². The van der Waals surface area contributed by atoms with E-state index in [9.17, 15) is 19.3 Å². The van der Waals surface area contributed by atoms with Crippen LogP contribution in [0.15, 0.2) is 42.5 Å². The van der Waals surface area contributed by atoms with Crippen molar-refractivity contribution in [2.24, 2.45) is 0 Å². The number of carbonyl (C=O) groups excluding carboxylic acids is 1. The molecule has 2 aromatic carbocycles. The van der Waals surface area contributed by atoms with Gasteiger partial charge in [-0.05, 0) is 37.3 Å². The molecule has 3 aromatic rings. The van der Waals surface area contributed by atoms with E-state index in [4.69, 9.17) is 4.74 Å². The lowest BCUT2D eigenvalue weighted by Crippen LogP contribution is -2.04. The predicted octanol–water partition coefficient (Wildman–Crippen LogP) is 4.14. The third-order valence-electron chi connectivity index (χ3n) is 3.57. The fraction of sp³-hybridized carbons (Fsp3) is 0.118. The van der Waals surface area contributed by atoms with Gasteiger partial charge in [0.25, 0.3) is 5.69 Å². The largest absolute Gasteiger partial charge is 0.461 e. The molecule has 25 heavy (non-hydrogen) atoms. The summed E-state index contributed by atoms with van der Waals surface area (Å²) in [5.41, 5.74) is 1.10. The van der Waals surface area contributed by atoms with E-state index < -0.39 is 16.7 Å². The molecule has 8 heteroatoms. The van der Waals surface area contributed by atoms with E-state index in [2.05, 4.69) is 10.3 Å². The molecule has 0 radical (unpaired) electrons. The van der Waals surface area contributed by atoms with Gasteiger partial charge < -0.3 is 15.0 Å². The smallest absolute Gasteiger partial charge is 0.354 e. The molecule has 3 rings (SSSR count). The van der Waals surface area contributed by atoms with Gasteiger partial charge in [0.1, 0.15) is 17.0 Å². The van der Waals surface area contributed by atoms with E-state index in [0.717, 1.165) is 0 Å². The third-order valence-corrected chi connectivity index (χ3v) is 3.57. The molecular formula is C17H14FN3O4. The summed E-state index contributed by atoms with van der Waals surface area (Å²) in [4.78, 5) is 25.3. The van der Waals surface area contributed by atoms with Gasteiger partial charge in [0.2, 0.25) is 0 Å². The molecule has 0 saturated carbocycles. The Labute approximate surface area is 141 Å². The minimum absolute atomic E-state index is 0.105. The number of fused-ring (bicyclic) bond motifs is 1. The van der Waals surface area contributed by atoms with Crippen molar-refractivity contribution in [3.05, 3.63) is 64.1 Å². The lowest BCUT2D eigenvalue weighted by Gasteiger charge is -2.08. The van der Waals surface area contributed by atoms with Crippen LogP contribution in [0.1, 0.15) is 17.4 Å². The second kappa shape index (κ2) is 6.60. The first-order valence-electron chi connectivity index (χ1n) is 7.49. The number of hydrogen-bond donors (Lipinski definition) is 2. The molecule has 0 spiro atoms. The second-order valence-corrected chi connectivity index (χ2v) is 5.22. The summed E-state index contributed by atoms with van der Waals surface area (Å²) >= 11 is 0. The average molecular weight is 343 g/mol. The Bertz CT molecular complexity index is 968. The van der Waals surface area contributed by atoms with Crippen molar-refractivity contribution in [2.45, 2.75) is 6.92 Å². The van der Waals surface area contributed by atoms with E-state index in [-0.39, 0.29) is 23.5 Å². The van der Waals surface area contributed by atoms with Gasteiger partial charge in [-0.3, -0.25) is 10.1 Å². The van der Waals surface area contributed by atoms with Crippen molar-refractivity contribution < 1.29 is 18.8 Å². The number of carbonyl (C=O) groups is 1. The number of H-pyrrole nitrogens is 1. The van der Waals surface area contributed by atoms with E-state index in [1.54, 1.807) is 19.1 Å². The maximum absolute atomic E-state index is 13.4. The van der Waals surface area contributed by atoms with Crippen LogP contribution in [0, 0.1) is 15.9 Å². The topological polar surface area (TPSA) is 97.3 Å². The molecule has 2 N–H and O–H groups in total. The molecule has 7 nitrogen and oxygen atoms in total. The van der Waals surface area contributed by atoms with Gasteiger partial charge in [-0.15, -0.1) is 0 Å². The molecule has 0 fully saturated rings. The van der Waals surface area contributed by atoms with Crippen LogP contribution in [0.5, 0.6) is 0 Å². The second-order valence-electron chi connectivity index (χ2n) is 5.22. The normalized spacial score (nSPS) is 10.6. The van der Waals surface area contributed by atoms with Gasteiger partial charge in [-0.2, -0.15) is 0 Å². The number of aromatic amines is 1. The number of ether oxygens (including phenoxy) is 1. The Morgan fingerprint density at radius 1 is 1.32 bits per heavy atom. The van der Waals surface area contributed by atoms with E-state index >= 15 is 0 Å². The molecule has 0 atom stereocenters. The van der Waals surface area contributed by atoms with Crippen molar-refractivity contribution in [2.75, 3.05) is 11.9 Å². The number of nitro benzene ring substituents is 1. The highest BCUT2D eigenvalue weighted by molar-refractivity contribution is 6.04. The Hall–Kier alpha value is -3.42. The number of anilines is 2. The Morgan fingerprint density at radius 2 is 2.12 bits per heavy atom. The van der Waals surface area contributed by atoms with Crippen molar-refractivity contribution in [1.82, 2.24) is 4.98 Å². The first kappa shape index (κ1) is 16.4. The maximum Gasteiger partial charge on any atom is 0.354 e. The minimum Gasteiger partial charge on any atom is -0.461 e. The first-order valence-corrected chi connectivity index (χ1v) is 7.49. The monoisotopic (exact) mass is 343 g/mol. The molecule has 0 aliphatic rings. The quantitative estimate of drug-likeness (QED) is 0.412. The number of aromatic nitrogens is 1. The molecule has 1 aromatic heterocycles. The molecule has 0 bridgehead atoms. The summed E-state index contributed by atoms with van der Waals surface area (Å²) in [5.74, 6) is -1.02. The maximum atomic E-state index is 13.4. The van der Waals surface area contributed by atoms with Crippen LogP contribution in [-0.4, -0.2) is 22.5 Å². The highest BCUT2D eigenvalue weighted by Gasteiger charge is 2.20. The molecule has 0 amide bonds. The molecule has 0 saturated heterocycles. The van der Waals surface area contributed by atoms with Crippen LogP contribution in [0.2, 0.25) is 0 Å². The average Bonchev–Trinajstić information content (AvgIpc) is 3.01. The number of nitrogens with zero attached hydrogens (tertiary/aromatic N) is 1. The summed E-state index contributed by atoms with van der Waals surface area (Å²) in [6.07, 6.45) is 0. The third kappa shape index (κ3) is 3.27. The van der Waals surface area contributed by atoms with Gasteiger partial charge in [0, 0.05) is 22.8 Å². The Balaban J connectivity index is 2.11. The highest BCUT2D eigenvalue weighted by Crippen LogP contribution is 2.33. The van der Waals surface area contributed by atoms with Gasteiger partial charge >= 0.3 is 5.97 Å². The highest BCUT2D eigenvalue weighted by atomic mass is 19.1. The number of hydrogen-bond acceptors (Lipinski definition) is 5. The number of non-ortho nitro benzene ring substituents is 1.